The molecule has 0 radical (unpaired) electrons. The third-order valence-corrected chi connectivity index (χ3v) is 26.7. The number of benzene rings is 2. The topological polar surface area (TPSA) is 12.4 Å². The van der Waals surface area contributed by atoms with Crippen LogP contribution in [0.3, 0.4) is 0 Å². The molecule has 0 aliphatic rings. The zero-order chi connectivity index (χ0) is 20.5. The van der Waals surface area contributed by atoms with Crippen molar-refractivity contribution in [1.82, 2.24) is 0 Å². The maximum Gasteiger partial charge on any atom is 0.171 e. The van der Waals surface area contributed by atoms with E-state index in [0.29, 0.717) is 0 Å². The molecule has 2 rings (SSSR count). The summed E-state index contributed by atoms with van der Waals surface area (Å²) in [6.45, 7) is 22.7. The number of hydrogen-bond donors (Lipinski definition) is 0. The molecule has 0 N–H and O–H groups in total. The second-order valence-corrected chi connectivity index (χ2v) is 31.0. The summed E-state index contributed by atoms with van der Waals surface area (Å²) < 4.78 is 5.93. The van der Waals surface area contributed by atoms with E-state index in [1.165, 1.54) is 10.6 Å². The number of rotatable bonds is 6. The molecule has 27 heavy (non-hydrogen) atoms. The molecule has 0 unspecified atom stereocenters. The standard InChI is InChI=1S/C22H38NPSi3/c1-25(2,3)22(26(4,5)6)24(23-27(7,8)9,20-16-12-10-13-17-20)21-18-14-11-15-19-21/h10-19,22H,1-9H3. The summed E-state index contributed by atoms with van der Waals surface area (Å²) in [6, 6.07) is 22.7. The Bertz CT molecular complexity index is 740. The van der Waals surface area contributed by atoms with Crippen LogP contribution >= 0.6 is 7.05 Å². The third kappa shape index (κ3) is 5.23. The van der Waals surface area contributed by atoms with Gasteiger partial charge in [0.2, 0.25) is 0 Å². The van der Waals surface area contributed by atoms with Gasteiger partial charge in [-0.1, -0.05) is 120 Å². The van der Waals surface area contributed by atoms with Crippen LogP contribution in [0, 0.1) is 0 Å². The van der Waals surface area contributed by atoms with Gasteiger partial charge in [-0.05, 0) is 15.5 Å². The Morgan fingerprint density at radius 3 is 1.19 bits per heavy atom. The molecule has 0 aliphatic heterocycles. The fourth-order valence-corrected chi connectivity index (χ4v) is 34.3. The molecule has 1 nitrogen and oxygen atoms in total. The van der Waals surface area contributed by atoms with Gasteiger partial charge < -0.3 is 4.41 Å². The van der Waals surface area contributed by atoms with Crippen molar-refractivity contribution in [2.75, 3.05) is 0 Å². The number of nitrogens with zero attached hydrogens (tertiary/aromatic N) is 1. The van der Waals surface area contributed by atoms with Crippen LogP contribution in [-0.2, 0) is 0 Å². The van der Waals surface area contributed by atoms with Crippen LogP contribution in [0.4, 0.5) is 0 Å². The summed E-state index contributed by atoms with van der Waals surface area (Å²) in [5.41, 5.74) is 0. The fraction of sp³-hybridized carbons (Fsp3) is 0.455. The first kappa shape index (κ1) is 22.6. The molecule has 0 aromatic heterocycles. The highest BCUT2D eigenvalue weighted by atomic mass is 31.2. The van der Waals surface area contributed by atoms with E-state index in [-0.39, 0.29) is 0 Å². The molecule has 0 saturated carbocycles. The van der Waals surface area contributed by atoms with Gasteiger partial charge in [-0.2, -0.15) is 0 Å². The minimum Gasteiger partial charge on any atom is -0.329 e. The highest BCUT2D eigenvalue weighted by Gasteiger charge is 2.49. The fourth-order valence-electron chi connectivity index (χ4n) is 4.82. The van der Waals surface area contributed by atoms with Crippen molar-refractivity contribution in [3.63, 3.8) is 0 Å². The molecule has 2 aromatic carbocycles. The Kier molecular flexibility index (Phi) is 6.68. The van der Waals surface area contributed by atoms with Crippen molar-refractivity contribution < 1.29 is 0 Å². The van der Waals surface area contributed by atoms with Gasteiger partial charge in [-0.15, -0.1) is 0 Å². The highest BCUT2D eigenvalue weighted by Crippen LogP contribution is 2.59. The number of hydrogen-bond acceptors (Lipinski definition) is 1. The summed E-state index contributed by atoms with van der Waals surface area (Å²) in [5.74, 6) is 0. The molecule has 0 fully saturated rings. The van der Waals surface area contributed by atoms with E-state index in [2.05, 4.69) is 120 Å². The van der Waals surface area contributed by atoms with E-state index >= 15 is 0 Å². The Morgan fingerprint density at radius 1 is 0.593 bits per heavy atom. The van der Waals surface area contributed by atoms with Crippen LogP contribution in [0.2, 0.25) is 58.9 Å². The quantitative estimate of drug-likeness (QED) is 0.352. The first-order valence-corrected chi connectivity index (χ1v) is 22.4. The lowest BCUT2D eigenvalue weighted by Crippen LogP contribution is -2.56. The van der Waals surface area contributed by atoms with Crippen molar-refractivity contribution >= 4 is 42.0 Å². The molecular formula is C22H38NPSi3. The zero-order valence-corrected chi connectivity index (χ0v) is 22.6. The largest absolute Gasteiger partial charge is 0.329 e. The van der Waals surface area contributed by atoms with E-state index in [1.807, 2.05) is 0 Å². The summed E-state index contributed by atoms with van der Waals surface area (Å²) in [4.78, 5) is 0.731. The second kappa shape index (κ2) is 7.98. The lowest BCUT2D eigenvalue weighted by Gasteiger charge is -2.48. The second-order valence-electron chi connectivity index (χ2n) is 10.8. The van der Waals surface area contributed by atoms with Crippen molar-refractivity contribution in [2.45, 2.75) is 63.8 Å². The smallest absolute Gasteiger partial charge is 0.171 e. The van der Waals surface area contributed by atoms with Gasteiger partial charge in [-0.25, -0.2) is 0 Å². The molecule has 0 spiro atoms. The maximum atomic E-state index is 5.93. The van der Waals surface area contributed by atoms with Crippen LogP contribution in [0.25, 0.3) is 0 Å². The van der Waals surface area contributed by atoms with Crippen LogP contribution in [0.15, 0.2) is 65.1 Å². The lowest BCUT2D eigenvalue weighted by atomic mass is 10.4. The van der Waals surface area contributed by atoms with E-state index in [0.717, 1.165) is 4.91 Å². The van der Waals surface area contributed by atoms with Crippen LogP contribution < -0.4 is 10.6 Å². The zero-order valence-electron chi connectivity index (χ0n) is 18.7. The van der Waals surface area contributed by atoms with Gasteiger partial charge in [0.25, 0.3) is 0 Å². The van der Waals surface area contributed by atoms with Gasteiger partial charge in [0.15, 0.2) is 8.24 Å². The molecule has 0 saturated heterocycles. The predicted octanol–water partition coefficient (Wildman–Crippen LogP) is 6.80. The molecular weight excluding hydrogens is 393 g/mol. The maximum absolute atomic E-state index is 5.93. The van der Waals surface area contributed by atoms with E-state index in [1.54, 1.807) is 0 Å². The first-order valence-electron chi connectivity index (χ1n) is 10.0. The van der Waals surface area contributed by atoms with E-state index in [9.17, 15) is 0 Å². The highest BCUT2D eigenvalue weighted by molar-refractivity contribution is 7.86. The molecule has 2 aromatic rings. The molecule has 0 atom stereocenters. The lowest BCUT2D eigenvalue weighted by molar-refractivity contribution is 1.42. The summed E-state index contributed by atoms with van der Waals surface area (Å²) in [6.07, 6.45) is 0. The third-order valence-electron chi connectivity index (χ3n) is 4.77. The molecule has 0 heterocycles. The molecule has 148 valence electrons. The Balaban J connectivity index is 3.09. The summed E-state index contributed by atoms with van der Waals surface area (Å²) in [5, 5.41) is 2.99. The summed E-state index contributed by atoms with van der Waals surface area (Å²) >= 11 is 0. The van der Waals surface area contributed by atoms with Gasteiger partial charge >= 0.3 is 0 Å². The molecule has 0 bridgehead atoms. The van der Waals surface area contributed by atoms with Crippen molar-refractivity contribution in [1.29, 1.82) is 0 Å². The van der Waals surface area contributed by atoms with Crippen molar-refractivity contribution in [3.8, 4) is 0 Å². The van der Waals surface area contributed by atoms with Crippen LogP contribution in [0.5, 0.6) is 0 Å². The van der Waals surface area contributed by atoms with Gasteiger partial charge in [-0.3, -0.25) is 0 Å². The van der Waals surface area contributed by atoms with Gasteiger partial charge in [0.05, 0.1) is 16.1 Å². The van der Waals surface area contributed by atoms with E-state index in [4.69, 9.17) is 4.41 Å². The Labute approximate surface area is 170 Å². The molecule has 0 aliphatic carbocycles. The van der Waals surface area contributed by atoms with E-state index < -0.39 is 31.4 Å². The Hall–Kier alpha value is -0.679. The Morgan fingerprint density at radius 2 is 0.926 bits per heavy atom. The average Bonchev–Trinajstić information content (AvgIpc) is 2.52. The monoisotopic (exact) mass is 431 g/mol. The summed E-state index contributed by atoms with van der Waals surface area (Å²) in [7, 11) is -6.49. The van der Waals surface area contributed by atoms with Crippen molar-refractivity contribution in [2.24, 2.45) is 4.41 Å². The average molecular weight is 432 g/mol. The first-order chi connectivity index (χ1) is 12.3. The normalized spacial score (nSPS) is 13.7. The molecule has 5 heteroatoms. The predicted molar refractivity (Wildman–Crippen MR) is 135 cm³/mol. The van der Waals surface area contributed by atoms with Gasteiger partial charge in [0, 0.05) is 7.05 Å². The molecule has 0 amide bonds. The minimum atomic E-state index is -1.87. The van der Waals surface area contributed by atoms with Gasteiger partial charge in [0.1, 0.15) is 0 Å². The minimum absolute atomic E-state index is 0.731. The van der Waals surface area contributed by atoms with Crippen LogP contribution in [0.1, 0.15) is 0 Å². The van der Waals surface area contributed by atoms with Crippen LogP contribution in [-0.4, -0.2) is 29.3 Å². The SMILES string of the molecule is C[Si](C)(C)N=P(c1ccccc1)(c1ccccc1)C([Si](C)(C)C)[Si](C)(C)C. The van der Waals surface area contributed by atoms with Crippen molar-refractivity contribution in [3.05, 3.63) is 60.7 Å².